The molecule has 0 saturated carbocycles. The molecule has 1 aliphatic rings. The van der Waals surface area contributed by atoms with Crippen LogP contribution in [0.4, 0.5) is 13.2 Å². The Morgan fingerprint density at radius 3 is 2.31 bits per heavy atom. The number of hydrogen-bond acceptors (Lipinski definition) is 2. The van der Waals surface area contributed by atoms with Gasteiger partial charge in [-0.1, -0.05) is 12.1 Å². The fraction of sp³-hybridized carbons (Fsp3) is 0.316. The number of carbonyl (C=O) groups is 1. The minimum atomic E-state index is -1.49. The van der Waals surface area contributed by atoms with Gasteiger partial charge >= 0.3 is 0 Å². The number of nitrogens with zero attached hydrogens (tertiary/aromatic N) is 1. The van der Waals surface area contributed by atoms with Gasteiger partial charge in [0, 0.05) is 24.7 Å². The third-order valence-electron chi connectivity index (χ3n) is 4.53. The summed E-state index contributed by atoms with van der Waals surface area (Å²) in [5, 5.41) is 3.10. The first-order chi connectivity index (χ1) is 12.0. The Morgan fingerprint density at radius 2 is 1.73 bits per heavy atom. The van der Waals surface area contributed by atoms with Gasteiger partial charge < -0.3 is 10.2 Å². The lowest BCUT2D eigenvalue weighted by atomic mass is 10.0. The molecule has 7 heteroatoms. The normalized spacial score (nSPS) is 16.5. The van der Waals surface area contributed by atoms with E-state index >= 15 is 0 Å². The zero-order valence-electron chi connectivity index (χ0n) is 14.3. The second-order valence-electron chi connectivity index (χ2n) is 6.18. The standard InChI is InChI=1S/C19H19F3N2O.ClH/c1-23-11-15-3-2-8-24(15)19(25)13-6-4-12(5-7-13)14-9-16(20)18(22)17(21)10-14;/h4-7,9-10,15,23H,2-3,8,11H2,1H3;1H. The number of halogens is 4. The summed E-state index contributed by atoms with van der Waals surface area (Å²) < 4.78 is 39.8. The lowest BCUT2D eigenvalue weighted by molar-refractivity contribution is 0.0737. The smallest absolute Gasteiger partial charge is 0.254 e. The van der Waals surface area contributed by atoms with Crippen LogP contribution in [0, 0.1) is 17.5 Å². The Hall–Kier alpha value is -2.05. The quantitative estimate of drug-likeness (QED) is 0.807. The van der Waals surface area contributed by atoms with Crippen molar-refractivity contribution in [1.29, 1.82) is 0 Å². The molecule has 1 aliphatic heterocycles. The van der Waals surface area contributed by atoms with Crippen LogP contribution >= 0.6 is 12.4 Å². The third kappa shape index (κ3) is 4.02. The molecule has 1 atom stereocenters. The molecule has 3 nitrogen and oxygen atoms in total. The van der Waals surface area contributed by atoms with E-state index in [4.69, 9.17) is 0 Å². The van der Waals surface area contributed by atoms with E-state index < -0.39 is 17.5 Å². The van der Waals surface area contributed by atoms with E-state index in [2.05, 4.69) is 5.32 Å². The van der Waals surface area contributed by atoms with Gasteiger partial charge in [-0.25, -0.2) is 13.2 Å². The maximum atomic E-state index is 13.4. The molecule has 0 aromatic heterocycles. The van der Waals surface area contributed by atoms with Gasteiger partial charge in [0.05, 0.1) is 0 Å². The highest BCUT2D eigenvalue weighted by Crippen LogP contribution is 2.25. The van der Waals surface area contributed by atoms with Gasteiger partial charge in [0.25, 0.3) is 5.91 Å². The molecule has 2 aromatic rings. The lowest BCUT2D eigenvalue weighted by Gasteiger charge is -2.24. The number of likely N-dealkylation sites (N-methyl/N-ethyl adjacent to an activating group) is 1. The van der Waals surface area contributed by atoms with Gasteiger partial charge in [0.1, 0.15) is 0 Å². The number of amides is 1. The maximum absolute atomic E-state index is 13.4. The summed E-state index contributed by atoms with van der Waals surface area (Å²) in [5.41, 5.74) is 1.27. The number of rotatable bonds is 4. The van der Waals surface area contributed by atoms with Gasteiger partial charge in [-0.15, -0.1) is 12.4 Å². The summed E-state index contributed by atoms with van der Waals surface area (Å²) >= 11 is 0. The summed E-state index contributed by atoms with van der Waals surface area (Å²) in [7, 11) is 1.86. The molecule has 1 fully saturated rings. The fourth-order valence-corrected chi connectivity index (χ4v) is 3.24. The van der Waals surface area contributed by atoms with Crippen molar-refractivity contribution in [2.24, 2.45) is 0 Å². The van der Waals surface area contributed by atoms with Crippen LogP contribution in [0.3, 0.4) is 0 Å². The summed E-state index contributed by atoms with van der Waals surface area (Å²) in [5.74, 6) is -4.01. The second-order valence-corrected chi connectivity index (χ2v) is 6.18. The highest BCUT2D eigenvalue weighted by molar-refractivity contribution is 5.95. The van der Waals surface area contributed by atoms with Crippen LogP contribution in [-0.2, 0) is 0 Å². The van der Waals surface area contributed by atoms with Crippen molar-refractivity contribution in [3.63, 3.8) is 0 Å². The molecule has 3 rings (SSSR count). The molecule has 140 valence electrons. The van der Waals surface area contributed by atoms with Crippen LogP contribution in [0.25, 0.3) is 11.1 Å². The summed E-state index contributed by atoms with van der Waals surface area (Å²) in [6.07, 6.45) is 1.95. The number of benzene rings is 2. The summed E-state index contributed by atoms with van der Waals surface area (Å²) in [6.45, 7) is 1.47. The van der Waals surface area contributed by atoms with E-state index in [0.717, 1.165) is 38.1 Å². The van der Waals surface area contributed by atoms with Crippen LogP contribution in [-0.4, -0.2) is 37.0 Å². The molecule has 1 saturated heterocycles. The van der Waals surface area contributed by atoms with E-state index in [0.29, 0.717) is 11.1 Å². The van der Waals surface area contributed by atoms with E-state index in [-0.39, 0.29) is 29.9 Å². The molecule has 0 aliphatic carbocycles. The molecule has 0 radical (unpaired) electrons. The number of nitrogens with one attached hydrogen (secondary N) is 1. The topological polar surface area (TPSA) is 32.3 Å². The fourth-order valence-electron chi connectivity index (χ4n) is 3.24. The van der Waals surface area contributed by atoms with Gasteiger partial charge in [-0.3, -0.25) is 4.79 Å². The number of likely N-dealkylation sites (tertiary alicyclic amines) is 1. The zero-order valence-corrected chi connectivity index (χ0v) is 15.1. The van der Waals surface area contributed by atoms with E-state index in [1.807, 2.05) is 11.9 Å². The highest BCUT2D eigenvalue weighted by atomic mass is 35.5. The molecule has 1 amide bonds. The van der Waals surface area contributed by atoms with Crippen molar-refractivity contribution in [2.45, 2.75) is 18.9 Å². The largest absolute Gasteiger partial charge is 0.334 e. The van der Waals surface area contributed by atoms with Crippen LogP contribution in [0.5, 0.6) is 0 Å². The molecule has 0 spiro atoms. The van der Waals surface area contributed by atoms with Crippen molar-refractivity contribution in [3.8, 4) is 11.1 Å². The van der Waals surface area contributed by atoms with Crippen molar-refractivity contribution >= 4 is 18.3 Å². The predicted molar refractivity (Wildman–Crippen MR) is 97.0 cm³/mol. The molecule has 1 N–H and O–H groups in total. The van der Waals surface area contributed by atoms with E-state index in [1.165, 1.54) is 0 Å². The molecule has 0 bridgehead atoms. The van der Waals surface area contributed by atoms with Crippen molar-refractivity contribution in [1.82, 2.24) is 10.2 Å². The first-order valence-corrected chi connectivity index (χ1v) is 8.22. The first-order valence-electron chi connectivity index (χ1n) is 8.22. The minimum Gasteiger partial charge on any atom is -0.334 e. The van der Waals surface area contributed by atoms with Crippen LogP contribution in [0.15, 0.2) is 36.4 Å². The summed E-state index contributed by atoms with van der Waals surface area (Å²) in [4.78, 5) is 14.5. The monoisotopic (exact) mass is 384 g/mol. The Kier molecular flexibility index (Phi) is 6.67. The Morgan fingerprint density at radius 1 is 1.12 bits per heavy atom. The van der Waals surface area contributed by atoms with Crippen LogP contribution < -0.4 is 5.32 Å². The summed E-state index contributed by atoms with van der Waals surface area (Å²) in [6, 6.07) is 8.55. The molecule has 26 heavy (non-hydrogen) atoms. The van der Waals surface area contributed by atoms with Crippen molar-refractivity contribution in [3.05, 3.63) is 59.4 Å². The minimum absolute atomic E-state index is 0. The Balaban J connectivity index is 0.00000243. The van der Waals surface area contributed by atoms with Crippen molar-refractivity contribution < 1.29 is 18.0 Å². The van der Waals surface area contributed by atoms with Gasteiger partial charge in [-0.05, 0) is 55.3 Å². The maximum Gasteiger partial charge on any atom is 0.254 e. The SMILES string of the molecule is CNCC1CCCN1C(=O)c1ccc(-c2cc(F)c(F)c(F)c2)cc1.Cl. The Labute approximate surface area is 156 Å². The van der Waals surface area contributed by atoms with E-state index in [9.17, 15) is 18.0 Å². The molecule has 1 unspecified atom stereocenters. The third-order valence-corrected chi connectivity index (χ3v) is 4.53. The van der Waals surface area contributed by atoms with Gasteiger partial charge in [-0.2, -0.15) is 0 Å². The zero-order chi connectivity index (χ0) is 18.0. The second kappa shape index (κ2) is 8.56. The molecular weight excluding hydrogens is 365 g/mol. The van der Waals surface area contributed by atoms with Crippen LogP contribution in [0.1, 0.15) is 23.2 Å². The molecular formula is C19H20ClF3N2O. The Bertz CT molecular complexity index is 760. The number of hydrogen-bond donors (Lipinski definition) is 1. The lowest BCUT2D eigenvalue weighted by Crippen LogP contribution is -2.40. The van der Waals surface area contributed by atoms with Gasteiger partial charge in [0.15, 0.2) is 17.5 Å². The average molecular weight is 385 g/mol. The predicted octanol–water partition coefficient (Wildman–Crippen LogP) is 4.02. The van der Waals surface area contributed by atoms with Crippen molar-refractivity contribution in [2.75, 3.05) is 20.1 Å². The number of carbonyl (C=O) groups excluding carboxylic acids is 1. The molecule has 1 heterocycles. The average Bonchev–Trinajstić information content (AvgIpc) is 3.07. The highest BCUT2D eigenvalue weighted by Gasteiger charge is 2.28. The van der Waals surface area contributed by atoms with Crippen LogP contribution in [0.2, 0.25) is 0 Å². The molecule has 2 aromatic carbocycles. The van der Waals surface area contributed by atoms with Gasteiger partial charge in [0.2, 0.25) is 0 Å². The first kappa shape index (κ1) is 20.3. The van der Waals surface area contributed by atoms with E-state index in [1.54, 1.807) is 24.3 Å².